The zero-order chi connectivity index (χ0) is 19.1. The first-order valence-corrected chi connectivity index (χ1v) is 9.97. The highest BCUT2D eigenvalue weighted by Crippen LogP contribution is 2.31. The van der Waals surface area contributed by atoms with E-state index in [0.29, 0.717) is 12.1 Å². The zero-order valence-electron chi connectivity index (χ0n) is 15.3. The second-order valence-electron chi connectivity index (χ2n) is 6.86. The fourth-order valence-corrected chi connectivity index (χ4v) is 5.18. The van der Waals surface area contributed by atoms with Crippen molar-refractivity contribution in [2.45, 2.75) is 57.6 Å². The molecule has 0 spiro atoms. The van der Waals surface area contributed by atoms with Crippen LogP contribution < -0.4 is 5.32 Å². The average molecular weight is 377 g/mol. The molecule has 1 atom stereocenters. The summed E-state index contributed by atoms with van der Waals surface area (Å²) in [5, 5.41) is 6.59. The van der Waals surface area contributed by atoms with Crippen LogP contribution in [0.15, 0.2) is 33.7 Å². The Morgan fingerprint density at radius 1 is 1.27 bits per heavy atom. The number of hydrogen-bond acceptors (Lipinski definition) is 5. The SMILES string of the molecule is Cc1noc(C)c1S(=O)(=O)N1Cc2ccccc2CC1C(=O)NC(C)C. The summed E-state index contributed by atoms with van der Waals surface area (Å²) in [6, 6.07) is 6.70. The molecule has 0 aliphatic carbocycles. The van der Waals surface area contributed by atoms with E-state index in [1.807, 2.05) is 38.1 Å². The minimum atomic E-state index is -3.94. The molecule has 2 aromatic rings. The number of carbonyl (C=O) groups excluding carboxylic acids is 1. The number of rotatable bonds is 4. The van der Waals surface area contributed by atoms with Crippen molar-refractivity contribution in [1.29, 1.82) is 0 Å². The van der Waals surface area contributed by atoms with Crippen LogP contribution in [-0.2, 0) is 27.8 Å². The third-order valence-electron chi connectivity index (χ3n) is 4.47. The van der Waals surface area contributed by atoms with Crippen molar-refractivity contribution in [2.75, 3.05) is 0 Å². The number of fused-ring (bicyclic) bond motifs is 1. The van der Waals surface area contributed by atoms with Crippen molar-refractivity contribution in [3.8, 4) is 0 Å². The molecule has 2 heterocycles. The lowest BCUT2D eigenvalue weighted by molar-refractivity contribution is -0.125. The molecule has 7 nitrogen and oxygen atoms in total. The highest BCUT2D eigenvalue weighted by atomic mass is 32.2. The van der Waals surface area contributed by atoms with Gasteiger partial charge in [-0.25, -0.2) is 8.42 Å². The third-order valence-corrected chi connectivity index (χ3v) is 6.57. The summed E-state index contributed by atoms with van der Waals surface area (Å²) in [5.41, 5.74) is 2.18. The first-order chi connectivity index (χ1) is 12.2. The Bertz CT molecular complexity index is 914. The smallest absolute Gasteiger partial charge is 0.249 e. The molecule has 0 radical (unpaired) electrons. The van der Waals surface area contributed by atoms with E-state index in [2.05, 4.69) is 10.5 Å². The van der Waals surface area contributed by atoms with Gasteiger partial charge in [-0.3, -0.25) is 4.79 Å². The van der Waals surface area contributed by atoms with Gasteiger partial charge in [0.15, 0.2) is 5.76 Å². The summed E-state index contributed by atoms with van der Waals surface area (Å²) < 4.78 is 33.0. The van der Waals surface area contributed by atoms with Gasteiger partial charge >= 0.3 is 0 Å². The predicted molar refractivity (Wildman–Crippen MR) is 95.9 cm³/mol. The molecule has 0 saturated heterocycles. The number of benzene rings is 1. The maximum Gasteiger partial charge on any atom is 0.249 e. The number of hydrogen-bond donors (Lipinski definition) is 1. The van der Waals surface area contributed by atoms with Crippen molar-refractivity contribution in [1.82, 2.24) is 14.8 Å². The number of carbonyl (C=O) groups is 1. The van der Waals surface area contributed by atoms with Crippen molar-refractivity contribution in [2.24, 2.45) is 0 Å². The summed E-state index contributed by atoms with van der Waals surface area (Å²) in [7, 11) is -3.94. The van der Waals surface area contributed by atoms with Crippen LogP contribution in [0.4, 0.5) is 0 Å². The van der Waals surface area contributed by atoms with E-state index >= 15 is 0 Å². The molecule has 8 heteroatoms. The molecule has 1 aliphatic heterocycles. The molecule has 1 aromatic carbocycles. The number of amides is 1. The fourth-order valence-electron chi connectivity index (χ4n) is 3.32. The van der Waals surface area contributed by atoms with Crippen LogP contribution in [0, 0.1) is 13.8 Å². The van der Waals surface area contributed by atoms with Crippen molar-refractivity contribution < 1.29 is 17.7 Å². The van der Waals surface area contributed by atoms with Gasteiger partial charge in [0.1, 0.15) is 16.6 Å². The van der Waals surface area contributed by atoms with Crippen LogP contribution in [0.3, 0.4) is 0 Å². The lowest BCUT2D eigenvalue weighted by atomic mass is 9.95. The molecule has 1 unspecified atom stereocenters. The van der Waals surface area contributed by atoms with Crippen molar-refractivity contribution >= 4 is 15.9 Å². The Morgan fingerprint density at radius 3 is 2.50 bits per heavy atom. The summed E-state index contributed by atoms with van der Waals surface area (Å²) in [6.07, 6.45) is 0.331. The Morgan fingerprint density at radius 2 is 1.92 bits per heavy atom. The standard InChI is InChI=1S/C18H23N3O4S/c1-11(2)19-18(22)16-9-14-7-5-6-8-15(14)10-21(16)26(23,24)17-12(3)20-25-13(17)4/h5-8,11,16H,9-10H2,1-4H3,(H,19,22). The summed E-state index contributed by atoms with van der Waals surface area (Å²) in [5.74, 6) is -0.0748. The van der Waals surface area contributed by atoms with Gasteiger partial charge in [0.05, 0.1) is 0 Å². The van der Waals surface area contributed by atoms with Crippen LogP contribution in [0.25, 0.3) is 0 Å². The summed E-state index contributed by atoms with van der Waals surface area (Å²) in [6.45, 7) is 6.99. The number of sulfonamides is 1. The molecule has 1 aliphatic rings. The molecule has 0 bridgehead atoms. The molecule has 1 amide bonds. The van der Waals surface area contributed by atoms with Crippen molar-refractivity contribution in [3.63, 3.8) is 0 Å². The number of nitrogens with zero attached hydrogens (tertiary/aromatic N) is 2. The van der Waals surface area contributed by atoms with Crippen LogP contribution >= 0.6 is 0 Å². The number of aromatic nitrogens is 1. The number of nitrogens with one attached hydrogen (secondary N) is 1. The Hall–Kier alpha value is -2.19. The van der Waals surface area contributed by atoms with Crippen molar-refractivity contribution in [3.05, 3.63) is 46.8 Å². The first-order valence-electron chi connectivity index (χ1n) is 8.53. The second-order valence-corrected chi connectivity index (χ2v) is 8.68. The van der Waals surface area contributed by atoms with Gasteiger partial charge in [0.25, 0.3) is 0 Å². The molecule has 1 N–H and O–H groups in total. The maximum atomic E-state index is 13.3. The Balaban J connectivity index is 2.08. The van der Waals surface area contributed by atoms with Gasteiger partial charge in [-0.15, -0.1) is 0 Å². The van der Waals surface area contributed by atoms with Gasteiger partial charge in [-0.1, -0.05) is 29.4 Å². The van der Waals surface area contributed by atoms with Crippen LogP contribution in [0.2, 0.25) is 0 Å². The lowest BCUT2D eigenvalue weighted by Crippen LogP contribution is -2.53. The van der Waals surface area contributed by atoms with E-state index in [1.165, 1.54) is 4.31 Å². The van der Waals surface area contributed by atoms with E-state index in [1.54, 1.807) is 13.8 Å². The monoisotopic (exact) mass is 377 g/mol. The molecular formula is C18H23N3O4S. The van der Waals surface area contributed by atoms with Crippen LogP contribution in [-0.4, -0.2) is 35.9 Å². The van der Waals surface area contributed by atoms with E-state index in [-0.39, 0.29) is 29.1 Å². The van der Waals surface area contributed by atoms with Gasteiger partial charge < -0.3 is 9.84 Å². The van der Waals surface area contributed by atoms with Gasteiger partial charge in [0.2, 0.25) is 15.9 Å². The topological polar surface area (TPSA) is 92.5 Å². The summed E-state index contributed by atoms with van der Waals surface area (Å²) >= 11 is 0. The average Bonchev–Trinajstić information content (AvgIpc) is 2.92. The molecule has 0 saturated carbocycles. The molecular weight excluding hydrogens is 354 g/mol. The van der Waals surface area contributed by atoms with E-state index in [9.17, 15) is 13.2 Å². The van der Waals surface area contributed by atoms with Crippen LogP contribution in [0.1, 0.15) is 36.4 Å². The largest absolute Gasteiger partial charge is 0.360 e. The summed E-state index contributed by atoms with van der Waals surface area (Å²) in [4.78, 5) is 12.8. The predicted octanol–water partition coefficient (Wildman–Crippen LogP) is 1.93. The zero-order valence-corrected chi connectivity index (χ0v) is 16.1. The van der Waals surface area contributed by atoms with Gasteiger partial charge in [-0.05, 0) is 45.2 Å². The maximum absolute atomic E-state index is 13.3. The Labute approximate surface area is 153 Å². The fraction of sp³-hybridized carbons (Fsp3) is 0.444. The minimum absolute atomic E-state index is 0.0410. The first kappa shape index (κ1) is 18.6. The molecule has 0 fully saturated rings. The van der Waals surface area contributed by atoms with E-state index in [4.69, 9.17) is 4.52 Å². The van der Waals surface area contributed by atoms with E-state index < -0.39 is 16.1 Å². The highest BCUT2D eigenvalue weighted by Gasteiger charge is 2.41. The molecule has 26 heavy (non-hydrogen) atoms. The van der Waals surface area contributed by atoms with E-state index in [0.717, 1.165) is 11.1 Å². The second kappa shape index (κ2) is 6.85. The lowest BCUT2D eigenvalue weighted by Gasteiger charge is -2.35. The number of aryl methyl sites for hydroxylation is 2. The Kier molecular flexibility index (Phi) is 4.90. The normalized spacial score (nSPS) is 18.0. The molecule has 3 rings (SSSR count). The van der Waals surface area contributed by atoms with Gasteiger partial charge in [-0.2, -0.15) is 4.31 Å². The van der Waals surface area contributed by atoms with Crippen LogP contribution in [0.5, 0.6) is 0 Å². The highest BCUT2D eigenvalue weighted by molar-refractivity contribution is 7.89. The van der Waals surface area contributed by atoms with Gasteiger partial charge in [0, 0.05) is 12.6 Å². The molecule has 1 aromatic heterocycles. The third kappa shape index (κ3) is 3.26. The quantitative estimate of drug-likeness (QED) is 0.879. The molecule has 140 valence electrons. The minimum Gasteiger partial charge on any atom is -0.360 e.